The first-order valence-electron chi connectivity index (χ1n) is 4.43. The van der Waals surface area contributed by atoms with Crippen LogP contribution in [0.4, 0.5) is 5.69 Å². The van der Waals surface area contributed by atoms with Crippen molar-refractivity contribution in [3.8, 4) is 0 Å². The number of benzene rings is 1. The molecule has 1 nitrogen and oxygen atoms in total. The lowest BCUT2D eigenvalue weighted by atomic mass is 9.99. The summed E-state index contributed by atoms with van der Waals surface area (Å²) in [5.74, 6) is 0.729. The zero-order valence-corrected chi connectivity index (χ0v) is 7.54. The van der Waals surface area contributed by atoms with Gasteiger partial charge in [-0.15, -0.1) is 0 Å². The van der Waals surface area contributed by atoms with Crippen LogP contribution in [0, 0.1) is 5.92 Å². The third kappa shape index (κ3) is 1.27. The maximum Gasteiger partial charge on any atom is 0.0720 e. The molecule has 0 radical (unpaired) electrons. The largest absolute Gasteiger partial charge is 0.255 e. The van der Waals surface area contributed by atoms with Crippen molar-refractivity contribution in [2.75, 3.05) is 0 Å². The van der Waals surface area contributed by atoms with Gasteiger partial charge in [-0.05, 0) is 24.0 Å². The summed E-state index contributed by atoms with van der Waals surface area (Å²) in [5, 5.41) is 0. The standard InChI is InChI=1S/C11H13N/c1-8(2)5-9-3-4-10-7-12-11(10)6-9/h3-4,6-8H,5H2,1-2H3. The third-order valence-electron chi connectivity index (χ3n) is 2.08. The molecule has 0 bridgehead atoms. The predicted molar refractivity (Wildman–Crippen MR) is 52.2 cm³/mol. The molecule has 2 rings (SSSR count). The Labute approximate surface area is 73.1 Å². The molecule has 1 aromatic carbocycles. The van der Waals surface area contributed by atoms with Crippen LogP contribution in [-0.4, -0.2) is 6.21 Å². The molecular weight excluding hydrogens is 146 g/mol. The lowest BCUT2D eigenvalue weighted by Crippen LogP contribution is -1.97. The van der Waals surface area contributed by atoms with E-state index < -0.39 is 0 Å². The average molecular weight is 159 g/mol. The minimum atomic E-state index is 0.729. The Morgan fingerprint density at radius 2 is 2.17 bits per heavy atom. The molecular formula is C11H13N. The molecule has 62 valence electrons. The van der Waals surface area contributed by atoms with E-state index in [4.69, 9.17) is 0 Å². The van der Waals surface area contributed by atoms with E-state index in [1.54, 1.807) is 0 Å². The summed E-state index contributed by atoms with van der Waals surface area (Å²) in [7, 11) is 0. The Hall–Kier alpha value is -1.11. The molecule has 0 fully saturated rings. The number of nitrogens with zero attached hydrogens (tertiary/aromatic N) is 1. The summed E-state index contributed by atoms with van der Waals surface area (Å²) >= 11 is 0. The van der Waals surface area contributed by atoms with Crippen LogP contribution < -0.4 is 0 Å². The van der Waals surface area contributed by atoms with E-state index in [-0.39, 0.29) is 0 Å². The highest BCUT2D eigenvalue weighted by Crippen LogP contribution is 2.26. The molecule has 0 unspecified atom stereocenters. The summed E-state index contributed by atoms with van der Waals surface area (Å²) in [4.78, 5) is 4.18. The number of rotatable bonds is 2. The molecule has 1 aliphatic heterocycles. The molecule has 1 heteroatoms. The molecule has 1 aliphatic rings. The smallest absolute Gasteiger partial charge is 0.0720 e. The van der Waals surface area contributed by atoms with Crippen molar-refractivity contribution in [1.82, 2.24) is 0 Å². The van der Waals surface area contributed by atoms with Crippen molar-refractivity contribution in [3.05, 3.63) is 29.3 Å². The second-order valence-electron chi connectivity index (χ2n) is 3.75. The first kappa shape index (κ1) is 7.53. The number of hydrogen-bond donors (Lipinski definition) is 0. The van der Waals surface area contributed by atoms with Crippen molar-refractivity contribution in [3.63, 3.8) is 0 Å². The quantitative estimate of drug-likeness (QED) is 0.638. The second kappa shape index (κ2) is 2.74. The zero-order valence-electron chi connectivity index (χ0n) is 7.54. The minimum Gasteiger partial charge on any atom is -0.255 e. The van der Waals surface area contributed by atoms with Crippen molar-refractivity contribution in [2.24, 2.45) is 10.9 Å². The Balaban J connectivity index is 2.20. The Bertz CT molecular complexity index is 324. The summed E-state index contributed by atoms with van der Waals surface area (Å²) in [6, 6.07) is 6.54. The number of aliphatic imine (C=N–C) groups is 1. The van der Waals surface area contributed by atoms with Crippen molar-refractivity contribution >= 4 is 11.9 Å². The first-order valence-corrected chi connectivity index (χ1v) is 4.43. The van der Waals surface area contributed by atoms with Crippen LogP contribution in [0.5, 0.6) is 0 Å². The van der Waals surface area contributed by atoms with E-state index in [0.717, 1.165) is 18.0 Å². The predicted octanol–water partition coefficient (Wildman–Crippen LogP) is 2.95. The van der Waals surface area contributed by atoms with E-state index in [1.165, 1.54) is 11.1 Å². The van der Waals surface area contributed by atoms with Crippen LogP contribution in [0.25, 0.3) is 0 Å². The highest BCUT2D eigenvalue weighted by molar-refractivity contribution is 5.96. The van der Waals surface area contributed by atoms with Gasteiger partial charge in [0.15, 0.2) is 0 Å². The van der Waals surface area contributed by atoms with Gasteiger partial charge in [-0.25, -0.2) is 0 Å². The van der Waals surface area contributed by atoms with Gasteiger partial charge in [0.1, 0.15) is 0 Å². The van der Waals surface area contributed by atoms with Crippen LogP contribution in [0.15, 0.2) is 23.2 Å². The number of fused-ring (bicyclic) bond motifs is 1. The lowest BCUT2D eigenvalue weighted by molar-refractivity contribution is 0.647. The Kier molecular flexibility index (Phi) is 1.72. The summed E-state index contributed by atoms with van der Waals surface area (Å²) in [6.07, 6.45) is 3.07. The molecule has 0 spiro atoms. The molecule has 1 heterocycles. The van der Waals surface area contributed by atoms with E-state index in [0.29, 0.717) is 0 Å². The lowest BCUT2D eigenvalue weighted by Gasteiger charge is -2.11. The molecule has 0 saturated carbocycles. The molecule has 0 saturated heterocycles. The van der Waals surface area contributed by atoms with Gasteiger partial charge in [-0.1, -0.05) is 26.0 Å². The Morgan fingerprint density at radius 3 is 2.67 bits per heavy atom. The van der Waals surface area contributed by atoms with E-state index in [2.05, 4.69) is 37.0 Å². The summed E-state index contributed by atoms with van der Waals surface area (Å²) in [5.41, 5.74) is 3.84. The fraction of sp³-hybridized carbons (Fsp3) is 0.364. The molecule has 0 aromatic heterocycles. The molecule has 12 heavy (non-hydrogen) atoms. The van der Waals surface area contributed by atoms with Gasteiger partial charge < -0.3 is 0 Å². The van der Waals surface area contributed by atoms with Crippen LogP contribution in [0.3, 0.4) is 0 Å². The first-order chi connectivity index (χ1) is 5.75. The zero-order chi connectivity index (χ0) is 8.55. The van der Waals surface area contributed by atoms with Crippen LogP contribution in [0.1, 0.15) is 25.0 Å². The van der Waals surface area contributed by atoms with Crippen molar-refractivity contribution < 1.29 is 0 Å². The van der Waals surface area contributed by atoms with Gasteiger partial charge in [0.2, 0.25) is 0 Å². The molecule has 1 aromatic rings. The average Bonchev–Trinajstić information content (AvgIpc) is 1.94. The van der Waals surface area contributed by atoms with Gasteiger partial charge in [-0.2, -0.15) is 0 Å². The molecule has 0 atom stereocenters. The maximum absolute atomic E-state index is 4.18. The SMILES string of the molecule is CC(C)Cc1ccc2c(c1)N=C2. The van der Waals surface area contributed by atoms with Crippen molar-refractivity contribution in [2.45, 2.75) is 20.3 Å². The van der Waals surface area contributed by atoms with E-state index in [1.807, 2.05) is 6.21 Å². The van der Waals surface area contributed by atoms with Crippen LogP contribution in [-0.2, 0) is 6.42 Å². The van der Waals surface area contributed by atoms with E-state index >= 15 is 0 Å². The van der Waals surface area contributed by atoms with Crippen LogP contribution in [0.2, 0.25) is 0 Å². The van der Waals surface area contributed by atoms with Gasteiger partial charge in [0, 0.05) is 11.8 Å². The van der Waals surface area contributed by atoms with Gasteiger partial charge in [0.05, 0.1) is 5.69 Å². The topological polar surface area (TPSA) is 12.4 Å². The van der Waals surface area contributed by atoms with Gasteiger partial charge >= 0.3 is 0 Å². The summed E-state index contributed by atoms with van der Waals surface area (Å²) < 4.78 is 0. The van der Waals surface area contributed by atoms with Gasteiger partial charge in [0.25, 0.3) is 0 Å². The summed E-state index contributed by atoms with van der Waals surface area (Å²) in [6.45, 7) is 4.48. The second-order valence-corrected chi connectivity index (χ2v) is 3.75. The molecule has 0 amide bonds. The maximum atomic E-state index is 4.18. The fourth-order valence-electron chi connectivity index (χ4n) is 1.48. The van der Waals surface area contributed by atoms with Gasteiger partial charge in [-0.3, -0.25) is 4.99 Å². The highest BCUT2D eigenvalue weighted by Gasteiger charge is 2.07. The monoisotopic (exact) mass is 159 g/mol. The molecule has 0 aliphatic carbocycles. The highest BCUT2D eigenvalue weighted by atomic mass is 14.8. The molecule has 0 N–H and O–H groups in total. The minimum absolute atomic E-state index is 0.729. The van der Waals surface area contributed by atoms with Crippen LogP contribution >= 0.6 is 0 Å². The normalized spacial score (nSPS) is 12.9. The van der Waals surface area contributed by atoms with E-state index in [9.17, 15) is 0 Å². The fourth-order valence-corrected chi connectivity index (χ4v) is 1.48. The van der Waals surface area contributed by atoms with Crippen molar-refractivity contribution in [1.29, 1.82) is 0 Å². The third-order valence-corrected chi connectivity index (χ3v) is 2.08. The number of hydrogen-bond acceptors (Lipinski definition) is 1. The Morgan fingerprint density at radius 1 is 1.33 bits per heavy atom.